The van der Waals surface area contributed by atoms with E-state index in [1.54, 1.807) is 18.2 Å². The lowest BCUT2D eigenvalue weighted by Gasteiger charge is -2.07. The van der Waals surface area contributed by atoms with E-state index in [0.29, 0.717) is 23.2 Å². The van der Waals surface area contributed by atoms with Crippen molar-refractivity contribution in [2.24, 2.45) is 0 Å². The number of anilines is 2. The SMILES string of the molecule is O=C(O)CCc1cccc(NC(=O)Nc2nc(C3CC3)cs2)c1. The van der Waals surface area contributed by atoms with Gasteiger partial charge in [-0.3, -0.25) is 10.1 Å². The molecule has 1 aliphatic carbocycles. The second-order valence-electron chi connectivity index (χ2n) is 5.53. The summed E-state index contributed by atoms with van der Waals surface area (Å²) in [5, 5.41) is 16.8. The molecule has 6 nitrogen and oxygen atoms in total. The van der Waals surface area contributed by atoms with E-state index in [9.17, 15) is 9.59 Å². The van der Waals surface area contributed by atoms with Gasteiger partial charge in [-0.15, -0.1) is 11.3 Å². The van der Waals surface area contributed by atoms with E-state index in [-0.39, 0.29) is 12.5 Å². The molecule has 23 heavy (non-hydrogen) atoms. The van der Waals surface area contributed by atoms with Crippen molar-refractivity contribution in [2.75, 3.05) is 10.6 Å². The fourth-order valence-corrected chi connectivity index (χ4v) is 3.01. The maximum atomic E-state index is 12.0. The lowest BCUT2D eigenvalue weighted by molar-refractivity contribution is -0.136. The average Bonchev–Trinajstić information content (AvgIpc) is 3.26. The number of aryl methyl sites for hydroxylation is 1. The fraction of sp³-hybridized carbons (Fsp3) is 0.312. The molecule has 1 aliphatic rings. The van der Waals surface area contributed by atoms with Crippen LogP contribution in [0.2, 0.25) is 0 Å². The van der Waals surface area contributed by atoms with E-state index >= 15 is 0 Å². The van der Waals surface area contributed by atoms with Gasteiger partial charge >= 0.3 is 12.0 Å². The monoisotopic (exact) mass is 331 g/mol. The first-order valence-electron chi connectivity index (χ1n) is 7.44. The highest BCUT2D eigenvalue weighted by Gasteiger charge is 2.26. The zero-order valence-corrected chi connectivity index (χ0v) is 13.2. The van der Waals surface area contributed by atoms with Crippen LogP contribution in [0.25, 0.3) is 0 Å². The molecular formula is C16H17N3O3S. The molecule has 0 atom stereocenters. The van der Waals surface area contributed by atoms with E-state index in [1.165, 1.54) is 24.2 Å². The number of hydrogen-bond donors (Lipinski definition) is 3. The Morgan fingerprint density at radius 1 is 1.30 bits per heavy atom. The van der Waals surface area contributed by atoms with Crippen LogP contribution >= 0.6 is 11.3 Å². The number of aliphatic carboxylic acids is 1. The summed E-state index contributed by atoms with van der Waals surface area (Å²) in [5.74, 6) is -0.271. The number of urea groups is 1. The predicted molar refractivity (Wildman–Crippen MR) is 89.1 cm³/mol. The van der Waals surface area contributed by atoms with Crippen molar-refractivity contribution in [3.63, 3.8) is 0 Å². The normalized spacial score (nSPS) is 13.6. The summed E-state index contributed by atoms with van der Waals surface area (Å²) in [6.45, 7) is 0. The summed E-state index contributed by atoms with van der Waals surface area (Å²) in [6.07, 6.45) is 2.86. The molecule has 2 aromatic rings. The van der Waals surface area contributed by atoms with Crippen LogP contribution in [0, 0.1) is 0 Å². The summed E-state index contributed by atoms with van der Waals surface area (Å²) in [7, 11) is 0. The number of aromatic nitrogens is 1. The number of benzene rings is 1. The number of rotatable bonds is 6. The second-order valence-corrected chi connectivity index (χ2v) is 6.38. The third kappa shape index (κ3) is 4.53. The van der Waals surface area contributed by atoms with E-state index < -0.39 is 5.97 Å². The van der Waals surface area contributed by atoms with Gasteiger partial charge in [-0.25, -0.2) is 9.78 Å². The van der Waals surface area contributed by atoms with Gasteiger partial charge in [0.15, 0.2) is 5.13 Å². The van der Waals surface area contributed by atoms with E-state index in [1.807, 2.05) is 11.4 Å². The molecule has 0 unspecified atom stereocenters. The lowest BCUT2D eigenvalue weighted by atomic mass is 10.1. The summed E-state index contributed by atoms with van der Waals surface area (Å²) < 4.78 is 0. The highest BCUT2D eigenvalue weighted by molar-refractivity contribution is 7.14. The van der Waals surface area contributed by atoms with Crippen LogP contribution in [0.5, 0.6) is 0 Å². The van der Waals surface area contributed by atoms with Crippen molar-refractivity contribution < 1.29 is 14.7 Å². The number of nitrogens with zero attached hydrogens (tertiary/aromatic N) is 1. The number of carboxylic acid groups (broad SMARTS) is 1. The van der Waals surface area contributed by atoms with Gasteiger partial charge in [0.05, 0.1) is 5.69 Å². The molecule has 1 aromatic heterocycles. The van der Waals surface area contributed by atoms with Crippen molar-refractivity contribution in [1.82, 2.24) is 4.98 Å². The third-order valence-electron chi connectivity index (χ3n) is 3.55. The molecule has 1 saturated carbocycles. The minimum absolute atomic E-state index is 0.0682. The van der Waals surface area contributed by atoms with Crippen LogP contribution in [0.4, 0.5) is 15.6 Å². The van der Waals surface area contributed by atoms with Crippen LogP contribution in [0.3, 0.4) is 0 Å². The predicted octanol–water partition coefficient (Wildman–Crippen LogP) is 3.68. The molecule has 0 aliphatic heterocycles. The number of hydrogen-bond acceptors (Lipinski definition) is 4. The van der Waals surface area contributed by atoms with Crippen molar-refractivity contribution in [2.45, 2.75) is 31.6 Å². The topological polar surface area (TPSA) is 91.3 Å². The van der Waals surface area contributed by atoms with Crippen molar-refractivity contribution in [3.05, 3.63) is 40.9 Å². The maximum Gasteiger partial charge on any atom is 0.325 e. The Bertz CT molecular complexity index is 725. The van der Waals surface area contributed by atoms with E-state index in [0.717, 1.165) is 11.3 Å². The second kappa shape index (κ2) is 6.78. The molecule has 0 saturated heterocycles. The molecule has 0 spiro atoms. The van der Waals surface area contributed by atoms with Crippen molar-refractivity contribution in [3.8, 4) is 0 Å². The number of carboxylic acids is 1. The summed E-state index contributed by atoms with van der Waals surface area (Å²) >= 11 is 1.42. The zero-order chi connectivity index (χ0) is 16.2. The van der Waals surface area contributed by atoms with Gasteiger partial charge in [0.2, 0.25) is 0 Å². The number of thiazole rings is 1. The molecular weight excluding hydrogens is 314 g/mol. The molecule has 0 radical (unpaired) electrons. The van der Waals surface area contributed by atoms with Gasteiger partial charge in [0.1, 0.15) is 0 Å². The molecule has 3 N–H and O–H groups in total. The zero-order valence-electron chi connectivity index (χ0n) is 12.4. The van der Waals surface area contributed by atoms with Gasteiger partial charge in [-0.2, -0.15) is 0 Å². The van der Waals surface area contributed by atoms with Crippen LogP contribution < -0.4 is 10.6 Å². The van der Waals surface area contributed by atoms with Gasteiger partial charge in [0, 0.05) is 23.4 Å². The average molecular weight is 331 g/mol. The van der Waals surface area contributed by atoms with Crippen molar-refractivity contribution >= 4 is 34.2 Å². The Labute approximate surface area is 137 Å². The Kier molecular flexibility index (Phi) is 4.57. The van der Waals surface area contributed by atoms with Gasteiger partial charge in [0.25, 0.3) is 0 Å². The first kappa shape index (κ1) is 15.5. The molecule has 7 heteroatoms. The van der Waals surface area contributed by atoms with E-state index in [4.69, 9.17) is 5.11 Å². The largest absolute Gasteiger partial charge is 0.481 e. The number of carbonyl (C=O) groups is 2. The Hall–Kier alpha value is -2.41. The third-order valence-corrected chi connectivity index (χ3v) is 4.33. The van der Waals surface area contributed by atoms with Gasteiger partial charge in [-0.1, -0.05) is 12.1 Å². The minimum Gasteiger partial charge on any atom is -0.481 e. The highest BCUT2D eigenvalue weighted by Crippen LogP contribution is 2.40. The summed E-state index contributed by atoms with van der Waals surface area (Å²) in [4.78, 5) is 27.0. The quantitative estimate of drug-likeness (QED) is 0.753. The summed E-state index contributed by atoms with van der Waals surface area (Å²) in [6, 6.07) is 6.83. The molecule has 1 fully saturated rings. The first-order valence-corrected chi connectivity index (χ1v) is 8.32. The molecule has 120 valence electrons. The van der Waals surface area contributed by atoms with Gasteiger partial charge < -0.3 is 10.4 Å². The van der Waals surface area contributed by atoms with E-state index in [2.05, 4.69) is 15.6 Å². The Balaban J connectivity index is 1.56. The van der Waals surface area contributed by atoms with Crippen LogP contribution in [-0.4, -0.2) is 22.1 Å². The number of amides is 2. The Morgan fingerprint density at radius 3 is 2.87 bits per heavy atom. The standard InChI is InChI=1S/C16H17N3O3S/c20-14(21)7-4-10-2-1-3-12(8-10)17-15(22)19-16-18-13(9-23-16)11-5-6-11/h1-3,8-9,11H,4-7H2,(H,20,21)(H2,17,18,19,22). The molecule has 3 rings (SSSR count). The van der Waals surface area contributed by atoms with Crippen molar-refractivity contribution in [1.29, 1.82) is 0 Å². The molecule has 2 amide bonds. The molecule has 1 aromatic carbocycles. The first-order chi connectivity index (χ1) is 11.1. The lowest BCUT2D eigenvalue weighted by Crippen LogP contribution is -2.19. The maximum absolute atomic E-state index is 12.0. The Morgan fingerprint density at radius 2 is 2.13 bits per heavy atom. The molecule has 1 heterocycles. The smallest absolute Gasteiger partial charge is 0.325 e. The number of nitrogens with one attached hydrogen (secondary N) is 2. The molecule has 0 bridgehead atoms. The number of carbonyl (C=O) groups excluding carboxylic acids is 1. The highest BCUT2D eigenvalue weighted by atomic mass is 32.1. The van der Waals surface area contributed by atoms with Crippen LogP contribution in [0.1, 0.15) is 36.4 Å². The minimum atomic E-state index is -0.837. The summed E-state index contributed by atoms with van der Waals surface area (Å²) in [5.41, 5.74) is 2.56. The van der Waals surface area contributed by atoms with Crippen LogP contribution in [0.15, 0.2) is 29.6 Å². The van der Waals surface area contributed by atoms with Crippen LogP contribution in [-0.2, 0) is 11.2 Å². The fourth-order valence-electron chi connectivity index (χ4n) is 2.23. The van der Waals surface area contributed by atoms with Gasteiger partial charge in [-0.05, 0) is 37.0 Å².